The number of hydrogen-bond donors (Lipinski definition) is 1. The van der Waals surface area contributed by atoms with Gasteiger partial charge < -0.3 is 14.1 Å². The highest BCUT2D eigenvalue weighted by molar-refractivity contribution is 7.90. The Hall–Kier alpha value is -3.07. The zero-order chi connectivity index (χ0) is 20.3. The number of alkyl halides is 1. The number of amides is 1. The van der Waals surface area contributed by atoms with Gasteiger partial charge in [0.1, 0.15) is 29.5 Å². The number of hydrogen-bond acceptors (Lipinski definition) is 6. The minimum Gasteiger partial charge on any atom is -0.489 e. The second-order valence-corrected chi connectivity index (χ2v) is 7.80. The number of nitrogens with one attached hydrogen (secondary N) is 1. The molecule has 0 aliphatic carbocycles. The molecule has 28 heavy (non-hydrogen) atoms. The average molecular weight is 406 g/mol. The van der Waals surface area contributed by atoms with Gasteiger partial charge in [-0.25, -0.2) is 17.5 Å². The Kier molecular flexibility index (Phi) is 5.55. The third kappa shape index (κ3) is 4.09. The third-order valence-electron chi connectivity index (χ3n) is 3.94. The maximum atomic E-state index is 12.6. The van der Waals surface area contributed by atoms with Crippen LogP contribution in [0.1, 0.15) is 10.6 Å². The number of fused-ring (bicyclic) bond motifs is 1. The Morgan fingerprint density at radius 1 is 1.18 bits per heavy atom. The van der Waals surface area contributed by atoms with E-state index in [4.69, 9.17) is 9.15 Å². The molecule has 0 saturated carbocycles. The van der Waals surface area contributed by atoms with Gasteiger partial charge in [0.15, 0.2) is 5.76 Å². The summed E-state index contributed by atoms with van der Waals surface area (Å²) in [6.07, 6.45) is 0. The number of carbonyl (C=O) groups excluding carboxylic acids is 1. The maximum Gasteiger partial charge on any atom is 0.300 e. The molecule has 1 heterocycles. The molecule has 0 spiro atoms. The lowest BCUT2D eigenvalue weighted by atomic mass is 10.2. The molecule has 0 aliphatic heterocycles. The number of carbonyl (C=O) groups is 1. The van der Waals surface area contributed by atoms with Gasteiger partial charge in [0.2, 0.25) is 0 Å². The van der Waals surface area contributed by atoms with E-state index >= 15 is 0 Å². The molecule has 0 bridgehead atoms. The first-order chi connectivity index (χ1) is 13.3. The van der Waals surface area contributed by atoms with Gasteiger partial charge in [-0.15, -0.1) is 0 Å². The van der Waals surface area contributed by atoms with Gasteiger partial charge in [-0.05, 0) is 30.3 Å². The minimum absolute atomic E-state index is 0.0410. The summed E-state index contributed by atoms with van der Waals surface area (Å²) in [5.74, 6) is -1.10. The summed E-state index contributed by atoms with van der Waals surface area (Å²) in [5.41, 5.74) is 1.33. The van der Waals surface area contributed by atoms with Crippen LogP contribution in [0.4, 0.5) is 10.1 Å². The van der Waals surface area contributed by atoms with Crippen LogP contribution in [-0.2, 0) is 10.0 Å². The number of rotatable bonds is 7. The van der Waals surface area contributed by atoms with Gasteiger partial charge in [-0.2, -0.15) is 0 Å². The summed E-state index contributed by atoms with van der Waals surface area (Å²) in [7, 11) is -0.507. The Morgan fingerprint density at radius 3 is 2.64 bits per heavy atom. The van der Waals surface area contributed by atoms with Crippen LogP contribution in [0, 0.1) is 0 Å². The van der Waals surface area contributed by atoms with Crippen LogP contribution in [0.5, 0.6) is 5.75 Å². The van der Waals surface area contributed by atoms with Crippen molar-refractivity contribution in [3.63, 3.8) is 0 Å². The maximum absolute atomic E-state index is 12.6. The molecule has 0 unspecified atom stereocenters. The first kappa shape index (κ1) is 19.7. The number of furan rings is 1. The highest BCUT2D eigenvalue weighted by Crippen LogP contribution is 2.26. The van der Waals surface area contributed by atoms with Crippen molar-refractivity contribution in [3.05, 3.63) is 54.3 Å². The summed E-state index contributed by atoms with van der Waals surface area (Å²) < 4.78 is 50.2. The Labute approximate surface area is 161 Å². The molecule has 9 heteroatoms. The largest absolute Gasteiger partial charge is 0.489 e. The van der Waals surface area contributed by atoms with Gasteiger partial charge >= 0.3 is 5.91 Å². The van der Waals surface area contributed by atoms with Crippen molar-refractivity contribution in [2.24, 2.45) is 0 Å². The molecule has 148 valence electrons. The zero-order valence-electron chi connectivity index (χ0n) is 15.3. The van der Waals surface area contributed by atoms with E-state index in [0.29, 0.717) is 11.0 Å². The van der Waals surface area contributed by atoms with Crippen LogP contribution < -0.4 is 14.4 Å². The smallest absolute Gasteiger partial charge is 0.300 e. The first-order valence-corrected chi connectivity index (χ1v) is 9.86. The molecule has 1 aromatic heterocycles. The molecule has 1 amide bonds. The lowest BCUT2D eigenvalue weighted by molar-refractivity contribution is 0.0956. The molecular weight excluding hydrogens is 387 g/mol. The SMILES string of the molecule is CN(C)c1ccc2cc(C(=O)NS(=O)(=O)c3ccccc3OCCF)oc2c1. The van der Waals surface area contributed by atoms with Crippen molar-refractivity contribution >= 4 is 32.6 Å². The predicted octanol–water partition coefficient (Wildman–Crippen LogP) is 2.97. The number of halogens is 1. The number of ether oxygens (including phenoxy) is 1. The number of anilines is 1. The van der Waals surface area contributed by atoms with Crippen molar-refractivity contribution in [2.45, 2.75) is 4.90 Å². The van der Waals surface area contributed by atoms with Gasteiger partial charge in [0, 0.05) is 31.2 Å². The van der Waals surface area contributed by atoms with Crippen LogP contribution >= 0.6 is 0 Å². The first-order valence-electron chi connectivity index (χ1n) is 8.37. The van der Waals surface area contributed by atoms with Gasteiger partial charge in [-0.3, -0.25) is 4.79 Å². The molecule has 0 radical (unpaired) electrons. The Balaban J connectivity index is 1.87. The highest BCUT2D eigenvalue weighted by Gasteiger charge is 2.24. The molecule has 7 nitrogen and oxygen atoms in total. The molecule has 3 aromatic rings. The second-order valence-electron chi connectivity index (χ2n) is 6.15. The predicted molar refractivity (Wildman–Crippen MR) is 103 cm³/mol. The van der Waals surface area contributed by atoms with Crippen LogP contribution in [0.3, 0.4) is 0 Å². The van der Waals surface area contributed by atoms with E-state index in [1.54, 1.807) is 18.2 Å². The van der Waals surface area contributed by atoms with Crippen LogP contribution in [0.15, 0.2) is 57.8 Å². The standard InChI is InChI=1S/C19H19FN2O5S/c1-22(2)14-8-7-13-11-17(27-16(13)12-14)19(23)21-28(24,25)18-6-4-3-5-15(18)26-10-9-20/h3-8,11-12H,9-10H2,1-2H3,(H,21,23). The molecule has 0 aliphatic rings. The number of benzene rings is 2. The summed E-state index contributed by atoms with van der Waals surface area (Å²) in [6.45, 7) is -1.06. The van der Waals surface area contributed by atoms with Crippen LogP contribution in [0.2, 0.25) is 0 Å². The van der Waals surface area contributed by atoms with E-state index in [2.05, 4.69) is 0 Å². The van der Waals surface area contributed by atoms with Crippen molar-refractivity contribution in [2.75, 3.05) is 32.3 Å². The lowest BCUT2D eigenvalue weighted by Gasteiger charge is -2.11. The van der Waals surface area contributed by atoms with Crippen LogP contribution in [0.25, 0.3) is 11.0 Å². The third-order valence-corrected chi connectivity index (χ3v) is 5.31. The molecule has 0 fully saturated rings. The monoisotopic (exact) mass is 406 g/mol. The van der Waals surface area contributed by atoms with Crippen molar-refractivity contribution in [3.8, 4) is 5.75 Å². The normalized spacial score (nSPS) is 11.4. The molecule has 0 atom stereocenters. The van der Waals surface area contributed by atoms with E-state index in [-0.39, 0.29) is 23.0 Å². The van der Waals surface area contributed by atoms with Gasteiger partial charge in [-0.1, -0.05) is 12.1 Å². The fourth-order valence-electron chi connectivity index (χ4n) is 2.58. The molecular formula is C19H19FN2O5S. The van der Waals surface area contributed by atoms with Crippen molar-refractivity contribution in [1.29, 1.82) is 0 Å². The highest BCUT2D eigenvalue weighted by atomic mass is 32.2. The second kappa shape index (κ2) is 7.89. The summed E-state index contributed by atoms with van der Waals surface area (Å²) in [4.78, 5) is 14.1. The zero-order valence-corrected chi connectivity index (χ0v) is 16.1. The van der Waals surface area contributed by atoms with Crippen LogP contribution in [-0.4, -0.2) is 41.7 Å². The van der Waals surface area contributed by atoms with Crippen molar-refractivity contribution < 1.29 is 26.8 Å². The quantitative estimate of drug-likeness (QED) is 0.649. The number of para-hydroxylation sites is 1. The van der Waals surface area contributed by atoms with Crippen molar-refractivity contribution in [1.82, 2.24) is 4.72 Å². The number of nitrogens with zero attached hydrogens (tertiary/aromatic N) is 1. The van der Waals surface area contributed by atoms with E-state index < -0.39 is 22.6 Å². The molecule has 2 aromatic carbocycles. The molecule has 0 saturated heterocycles. The topological polar surface area (TPSA) is 88.9 Å². The summed E-state index contributed by atoms with van der Waals surface area (Å²) in [6, 6.07) is 12.5. The Morgan fingerprint density at radius 2 is 1.93 bits per heavy atom. The van der Waals surface area contributed by atoms with Gasteiger partial charge in [0.25, 0.3) is 10.0 Å². The molecule has 3 rings (SSSR count). The summed E-state index contributed by atoms with van der Waals surface area (Å²) in [5, 5.41) is 0.667. The average Bonchev–Trinajstić information content (AvgIpc) is 3.09. The van der Waals surface area contributed by atoms with E-state index in [1.807, 2.05) is 29.8 Å². The molecule has 1 N–H and O–H groups in total. The summed E-state index contributed by atoms with van der Waals surface area (Å²) >= 11 is 0. The Bertz CT molecular complexity index is 1110. The van der Waals surface area contributed by atoms with E-state index in [1.165, 1.54) is 24.3 Å². The van der Waals surface area contributed by atoms with Gasteiger partial charge in [0.05, 0.1) is 0 Å². The fourth-order valence-corrected chi connectivity index (χ4v) is 3.68. The van der Waals surface area contributed by atoms with E-state index in [9.17, 15) is 17.6 Å². The van der Waals surface area contributed by atoms with E-state index in [0.717, 1.165) is 5.69 Å². The number of sulfonamides is 1. The lowest BCUT2D eigenvalue weighted by Crippen LogP contribution is -2.30. The minimum atomic E-state index is -4.24. The fraction of sp³-hybridized carbons (Fsp3) is 0.211.